The zero-order chi connectivity index (χ0) is 27.8. The quantitative estimate of drug-likeness (QED) is 0.145. The van der Waals surface area contributed by atoms with E-state index in [1.54, 1.807) is 24.3 Å². The van der Waals surface area contributed by atoms with Crippen LogP contribution in [0.1, 0.15) is 86.1 Å². The van der Waals surface area contributed by atoms with E-state index in [0.717, 1.165) is 29.6 Å². The van der Waals surface area contributed by atoms with Crippen molar-refractivity contribution in [3.05, 3.63) is 99.4 Å². The molecule has 0 saturated carbocycles. The Morgan fingerprint density at radius 2 is 1.35 bits per heavy atom. The summed E-state index contributed by atoms with van der Waals surface area (Å²) in [4.78, 5) is 28.3. The van der Waals surface area contributed by atoms with Crippen LogP contribution in [-0.4, -0.2) is 21.8 Å². The number of carbonyl (C=O) groups is 2. The van der Waals surface area contributed by atoms with E-state index in [1.165, 1.54) is 5.57 Å². The molecule has 4 nitrogen and oxygen atoms in total. The first-order chi connectivity index (χ1) is 17.4. The summed E-state index contributed by atoms with van der Waals surface area (Å²) in [6.07, 6.45) is 10.2. The van der Waals surface area contributed by atoms with Crippen molar-refractivity contribution in [3.8, 4) is 0 Å². The lowest BCUT2D eigenvalue weighted by Gasteiger charge is -2.35. The maximum atomic E-state index is 14.2. The van der Waals surface area contributed by atoms with Gasteiger partial charge in [-0.3, -0.25) is 9.59 Å². The average molecular weight is 503 g/mol. The minimum Gasteiger partial charge on any atom is -0.507 e. The van der Waals surface area contributed by atoms with Crippen molar-refractivity contribution in [2.45, 2.75) is 80.6 Å². The molecule has 0 spiro atoms. The molecule has 4 heteroatoms. The molecule has 1 aliphatic rings. The summed E-state index contributed by atoms with van der Waals surface area (Å²) in [6, 6.07) is 8.68. The highest BCUT2D eigenvalue weighted by atomic mass is 16.3. The van der Waals surface area contributed by atoms with E-state index in [4.69, 9.17) is 0 Å². The molecule has 0 radical (unpaired) electrons. The molecule has 0 aromatic heterocycles. The number of rotatable bonds is 10. The molecule has 1 aromatic carbocycles. The molecule has 1 aliphatic carbocycles. The molecule has 2 rings (SSSR count). The SMILES string of the molecule is CC(C)=CCC/C(C)=C/C[C@@]1(CC=C(C)C)C(=O)C(CC=C(C)C)=C(O)/C(=C(\O)c2ccccc2)C1=O. The number of aliphatic hydroxyl groups excluding tert-OH is 2. The second kappa shape index (κ2) is 13.2. The van der Waals surface area contributed by atoms with Gasteiger partial charge in [-0.1, -0.05) is 76.9 Å². The predicted octanol–water partition coefficient (Wildman–Crippen LogP) is 8.70. The normalized spacial score (nSPS) is 19.5. The zero-order valence-corrected chi connectivity index (χ0v) is 23.4. The highest BCUT2D eigenvalue weighted by molar-refractivity contribution is 6.26. The molecule has 0 unspecified atom stereocenters. The van der Waals surface area contributed by atoms with Crippen molar-refractivity contribution < 1.29 is 19.8 Å². The molecule has 1 atom stereocenters. The van der Waals surface area contributed by atoms with Crippen LogP contribution in [0.3, 0.4) is 0 Å². The predicted molar refractivity (Wildman–Crippen MR) is 153 cm³/mol. The van der Waals surface area contributed by atoms with Gasteiger partial charge in [0, 0.05) is 11.1 Å². The van der Waals surface area contributed by atoms with Gasteiger partial charge in [-0.2, -0.15) is 0 Å². The van der Waals surface area contributed by atoms with Crippen LogP contribution in [0.15, 0.2) is 93.8 Å². The van der Waals surface area contributed by atoms with Gasteiger partial charge < -0.3 is 10.2 Å². The van der Waals surface area contributed by atoms with E-state index in [1.807, 2.05) is 58.9 Å². The Hall–Kier alpha value is -3.40. The van der Waals surface area contributed by atoms with Gasteiger partial charge in [0.05, 0.1) is 0 Å². The maximum absolute atomic E-state index is 14.2. The van der Waals surface area contributed by atoms with Gasteiger partial charge >= 0.3 is 0 Å². The van der Waals surface area contributed by atoms with Crippen LogP contribution in [0.25, 0.3) is 5.76 Å². The van der Waals surface area contributed by atoms with Crippen molar-refractivity contribution in [2.75, 3.05) is 0 Å². The van der Waals surface area contributed by atoms with Crippen LogP contribution < -0.4 is 0 Å². The first-order valence-electron chi connectivity index (χ1n) is 13.0. The highest BCUT2D eigenvalue weighted by Crippen LogP contribution is 2.45. The molecule has 0 bridgehead atoms. The third-order valence-electron chi connectivity index (χ3n) is 6.64. The zero-order valence-electron chi connectivity index (χ0n) is 23.4. The average Bonchev–Trinajstić information content (AvgIpc) is 2.83. The van der Waals surface area contributed by atoms with Crippen molar-refractivity contribution in [3.63, 3.8) is 0 Å². The maximum Gasteiger partial charge on any atom is 0.184 e. The fourth-order valence-corrected chi connectivity index (χ4v) is 4.32. The monoisotopic (exact) mass is 502 g/mol. The van der Waals surface area contributed by atoms with Crippen molar-refractivity contribution >= 4 is 17.3 Å². The second-order valence-corrected chi connectivity index (χ2v) is 10.7. The summed E-state index contributed by atoms with van der Waals surface area (Å²) in [5.74, 6) is -1.65. The van der Waals surface area contributed by atoms with Gasteiger partial charge in [0.1, 0.15) is 22.5 Å². The van der Waals surface area contributed by atoms with Crippen LogP contribution >= 0.6 is 0 Å². The fourth-order valence-electron chi connectivity index (χ4n) is 4.32. The number of hydrogen-bond acceptors (Lipinski definition) is 4. The summed E-state index contributed by atoms with van der Waals surface area (Å²) in [5, 5.41) is 22.4. The van der Waals surface area contributed by atoms with E-state index in [-0.39, 0.29) is 42.0 Å². The summed E-state index contributed by atoms with van der Waals surface area (Å²) in [7, 11) is 0. The molecule has 0 amide bonds. The fraction of sp³-hybridized carbons (Fsp3) is 0.394. The van der Waals surface area contributed by atoms with E-state index in [9.17, 15) is 19.8 Å². The molecule has 198 valence electrons. The lowest BCUT2D eigenvalue weighted by Crippen LogP contribution is -2.45. The number of aliphatic hydroxyl groups is 2. The topological polar surface area (TPSA) is 74.6 Å². The lowest BCUT2D eigenvalue weighted by atomic mass is 9.64. The summed E-state index contributed by atoms with van der Waals surface area (Å²) >= 11 is 0. The molecular formula is C33H42O4. The molecule has 2 N–H and O–H groups in total. The Kier molecular flexibility index (Phi) is 10.7. The first kappa shape index (κ1) is 29.8. The van der Waals surface area contributed by atoms with E-state index in [0.29, 0.717) is 5.56 Å². The Labute approximate surface area is 222 Å². The Morgan fingerprint density at radius 1 is 0.784 bits per heavy atom. The summed E-state index contributed by atoms with van der Waals surface area (Å²) in [6.45, 7) is 13.8. The van der Waals surface area contributed by atoms with E-state index >= 15 is 0 Å². The minimum absolute atomic E-state index is 0.163. The molecular weight excluding hydrogens is 460 g/mol. The number of ketones is 2. The van der Waals surface area contributed by atoms with Crippen LogP contribution in [0.2, 0.25) is 0 Å². The molecule has 1 aromatic rings. The third kappa shape index (κ3) is 7.55. The Morgan fingerprint density at radius 3 is 1.92 bits per heavy atom. The number of Topliss-reactive ketones (excluding diaryl/α,β-unsaturated/α-hetero) is 2. The second-order valence-electron chi connectivity index (χ2n) is 10.7. The van der Waals surface area contributed by atoms with Gasteiger partial charge in [-0.05, 0) is 80.6 Å². The van der Waals surface area contributed by atoms with E-state index < -0.39 is 17.0 Å². The van der Waals surface area contributed by atoms with Crippen LogP contribution in [0.4, 0.5) is 0 Å². The molecule has 0 heterocycles. The van der Waals surface area contributed by atoms with Gasteiger partial charge in [-0.25, -0.2) is 0 Å². The van der Waals surface area contributed by atoms with Crippen molar-refractivity contribution in [1.82, 2.24) is 0 Å². The van der Waals surface area contributed by atoms with Gasteiger partial charge in [0.2, 0.25) is 0 Å². The largest absolute Gasteiger partial charge is 0.507 e. The third-order valence-corrected chi connectivity index (χ3v) is 6.64. The smallest absolute Gasteiger partial charge is 0.184 e. The van der Waals surface area contributed by atoms with Crippen LogP contribution in [-0.2, 0) is 9.59 Å². The molecule has 37 heavy (non-hydrogen) atoms. The molecule has 0 fully saturated rings. The summed E-state index contributed by atoms with van der Waals surface area (Å²) in [5.41, 5.74) is 3.29. The minimum atomic E-state index is -1.44. The van der Waals surface area contributed by atoms with Crippen LogP contribution in [0.5, 0.6) is 0 Å². The van der Waals surface area contributed by atoms with Crippen LogP contribution in [0, 0.1) is 5.41 Å². The molecule has 0 aliphatic heterocycles. The lowest BCUT2D eigenvalue weighted by molar-refractivity contribution is -0.137. The van der Waals surface area contributed by atoms with Crippen molar-refractivity contribution in [1.29, 1.82) is 0 Å². The molecule has 0 saturated heterocycles. The number of benzene rings is 1. The van der Waals surface area contributed by atoms with Gasteiger partial charge in [-0.15, -0.1) is 0 Å². The number of allylic oxidation sites excluding steroid dienone is 10. The van der Waals surface area contributed by atoms with Gasteiger partial charge in [0.15, 0.2) is 11.6 Å². The summed E-state index contributed by atoms with van der Waals surface area (Å²) < 4.78 is 0. The van der Waals surface area contributed by atoms with E-state index in [2.05, 4.69) is 19.9 Å². The Bertz CT molecular complexity index is 1190. The van der Waals surface area contributed by atoms with Gasteiger partial charge in [0.25, 0.3) is 0 Å². The Balaban J connectivity index is 2.75. The standard InChI is InChI=1S/C33H42O4/c1-22(2)12-11-13-25(7)19-21-33(20-18-24(5)6)31(36)27(17-16-23(3)4)30(35)28(32(33)37)29(34)26-14-9-8-10-15-26/h8-10,12,14-16,18-19,34-35H,11,13,17,20-21H2,1-7H3/b25-19+,29-28+/t33-/m0/s1. The number of hydrogen-bond donors (Lipinski definition) is 2. The highest BCUT2D eigenvalue weighted by Gasteiger charge is 2.52. The van der Waals surface area contributed by atoms with Crippen molar-refractivity contribution in [2.24, 2.45) is 5.41 Å². The first-order valence-corrected chi connectivity index (χ1v) is 13.0. The number of carbonyl (C=O) groups excluding carboxylic acids is 2.